The van der Waals surface area contributed by atoms with E-state index in [2.05, 4.69) is 55.5 Å². The number of fused-ring (bicyclic) bond motifs is 7. The van der Waals surface area contributed by atoms with Crippen LogP contribution < -0.4 is 0 Å². The van der Waals surface area contributed by atoms with E-state index >= 15 is 0 Å². The normalized spacial score (nSPS) is 28.6. The van der Waals surface area contributed by atoms with Crippen molar-refractivity contribution >= 4 is 0 Å². The van der Waals surface area contributed by atoms with Crippen LogP contribution in [0.25, 0.3) is 0 Å². The maximum atomic E-state index is 2.42. The van der Waals surface area contributed by atoms with Crippen molar-refractivity contribution in [3.05, 3.63) is 70.8 Å². The topological polar surface area (TPSA) is 0 Å². The van der Waals surface area contributed by atoms with Crippen LogP contribution >= 0.6 is 0 Å². The summed E-state index contributed by atoms with van der Waals surface area (Å²) in [7, 11) is 0. The Kier molecular flexibility index (Phi) is 1.68. The molecule has 2 unspecified atom stereocenters. The van der Waals surface area contributed by atoms with Gasteiger partial charge in [-0.05, 0) is 41.0 Å². The van der Waals surface area contributed by atoms with E-state index in [1.165, 1.54) is 12.8 Å². The molecule has 0 heterocycles. The molecule has 0 aromatic heterocycles. The van der Waals surface area contributed by atoms with Crippen LogP contribution in [-0.4, -0.2) is 0 Å². The molecule has 0 saturated heterocycles. The van der Waals surface area contributed by atoms with Gasteiger partial charge in [0.25, 0.3) is 0 Å². The molecule has 0 saturated carbocycles. The van der Waals surface area contributed by atoms with Crippen molar-refractivity contribution in [2.24, 2.45) is 0 Å². The van der Waals surface area contributed by atoms with Gasteiger partial charge >= 0.3 is 0 Å². The predicted molar refractivity (Wildman–Crippen MR) is 70.4 cm³/mol. The number of hydrogen-bond donors (Lipinski definition) is 0. The van der Waals surface area contributed by atoms with Crippen LogP contribution in [-0.2, 0) is 11.8 Å². The summed E-state index contributed by atoms with van der Waals surface area (Å²) in [6.45, 7) is 2.42. The van der Waals surface area contributed by atoms with Gasteiger partial charge in [0.05, 0.1) is 0 Å². The SMILES string of the molecule is CC12CC(Cc3ccccc31)c1ccccc12. The lowest BCUT2D eigenvalue weighted by molar-refractivity contribution is 0.471. The molecule has 2 atom stereocenters. The van der Waals surface area contributed by atoms with E-state index < -0.39 is 0 Å². The molecule has 0 N–H and O–H groups in total. The summed E-state index contributed by atoms with van der Waals surface area (Å²) in [5.74, 6) is 0.742. The zero-order valence-electron chi connectivity index (χ0n) is 10.1. The Bertz CT molecular complexity index is 583. The summed E-state index contributed by atoms with van der Waals surface area (Å²) in [6.07, 6.45) is 2.52. The second-order valence-electron chi connectivity index (χ2n) is 5.68. The summed E-state index contributed by atoms with van der Waals surface area (Å²) in [4.78, 5) is 0. The molecule has 4 rings (SSSR count). The molecular weight excluding hydrogens is 204 g/mol. The van der Waals surface area contributed by atoms with E-state index in [1.54, 1.807) is 22.3 Å². The third kappa shape index (κ3) is 1.08. The molecule has 0 aliphatic heterocycles. The summed E-state index contributed by atoms with van der Waals surface area (Å²) in [5, 5.41) is 0. The molecule has 2 bridgehead atoms. The minimum Gasteiger partial charge on any atom is -0.0620 e. The first-order valence-electron chi connectivity index (χ1n) is 6.47. The van der Waals surface area contributed by atoms with Gasteiger partial charge < -0.3 is 0 Å². The number of benzene rings is 2. The average Bonchev–Trinajstić information content (AvgIpc) is 2.61. The molecule has 0 amide bonds. The molecule has 2 aliphatic rings. The van der Waals surface area contributed by atoms with E-state index in [4.69, 9.17) is 0 Å². The highest BCUT2D eigenvalue weighted by atomic mass is 14.5. The van der Waals surface area contributed by atoms with Crippen LogP contribution in [0.2, 0.25) is 0 Å². The van der Waals surface area contributed by atoms with E-state index in [1.807, 2.05) is 0 Å². The first kappa shape index (κ1) is 9.47. The fourth-order valence-electron chi connectivity index (χ4n) is 4.01. The van der Waals surface area contributed by atoms with Crippen molar-refractivity contribution in [1.29, 1.82) is 0 Å². The van der Waals surface area contributed by atoms with E-state index in [0.717, 1.165) is 5.92 Å². The summed E-state index contributed by atoms with van der Waals surface area (Å²) < 4.78 is 0. The lowest BCUT2D eigenvalue weighted by Crippen LogP contribution is -2.25. The lowest BCUT2D eigenvalue weighted by atomic mass is 9.70. The van der Waals surface area contributed by atoms with Gasteiger partial charge in [0.2, 0.25) is 0 Å². The standard InChI is InChI=1S/C17H16/c1-17-11-13(14-7-3-5-9-16(14)17)10-12-6-2-4-8-15(12)17/h2-9,13H,10-11H2,1H3. The van der Waals surface area contributed by atoms with Gasteiger partial charge in [-0.1, -0.05) is 55.5 Å². The van der Waals surface area contributed by atoms with Crippen LogP contribution in [0.1, 0.15) is 41.5 Å². The molecular formula is C17H16. The average molecular weight is 220 g/mol. The minimum absolute atomic E-state index is 0.260. The molecule has 0 nitrogen and oxygen atoms in total. The molecule has 0 heteroatoms. The monoisotopic (exact) mass is 220 g/mol. The van der Waals surface area contributed by atoms with Gasteiger partial charge in [-0.25, -0.2) is 0 Å². The molecule has 2 aromatic carbocycles. The van der Waals surface area contributed by atoms with E-state index in [-0.39, 0.29) is 5.41 Å². The summed E-state index contributed by atoms with van der Waals surface area (Å²) >= 11 is 0. The van der Waals surface area contributed by atoms with Crippen molar-refractivity contribution in [3.63, 3.8) is 0 Å². The molecule has 0 spiro atoms. The smallest absolute Gasteiger partial charge is 0.0186 e. The Labute approximate surface area is 102 Å². The van der Waals surface area contributed by atoms with Crippen LogP contribution in [0, 0.1) is 0 Å². The number of rotatable bonds is 0. The van der Waals surface area contributed by atoms with E-state index in [9.17, 15) is 0 Å². The highest BCUT2D eigenvalue weighted by Crippen LogP contribution is 2.55. The van der Waals surface area contributed by atoms with Crippen molar-refractivity contribution in [1.82, 2.24) is 0 Å². The van der Waals surface area contributed by atoms with Gasteiger partial charge in [-0.2, -0.15) is 0 Å². The van der Waals surface area contributed by atoms with Crippen LogP contribution in [0.15, 0.2) is 48.5 Å². The molecule has 2 aromatic rings. The number of hydrogen-bond acceptors (Lipinski definition) is 0. The van der Waals surface area contributed by atoms with Gasteiger partial charge in [0.1, 0.15) is 0 Å². The lowest BCUT2D eigenvalue weighted by Gasteiger charge is -2.33. The molecule has 2 aliphatic carbocycles. The Morgan fingerprint density at radius 3 is 2.53 bits per heavy atom. The Hall–Kier alpha value is -1.56. The van der Waals surface area contributed by atoms with Crippen molar-refractivity contribution in [2.45, 2.75) is 31.1 Å². The van der Waals surface area contributed by atoms with Gasteiger partial charge in [0, 0.05) is 5.41 Å². The second kappa shape index (κ2) is 3.01. The first-order chi connectivity index (χ1) is 8.29. The van der Waals surface area contributed by atoms with Crippen molar-refractivity contribution in [3.8, 4) is 0 Å². The molecule has 84 valence electrons. The predicted octanol–water partition coefficient (Wildman–Crippen LogP) is 4.04. The zero-order chi connectivity index (χ0) is 11.5. The van der Waals surface area contributed by atoms with Crippen molar-refractivity contribution in [2.75, 3.05) is 0 Å². The van der Waals surface area contributed by atoms with Crippen LogP contribution in [0.4, 0.5) is 0 Å². The molecule has 17 heavy (non-hydrogen) atoms. The van der Waals surface area contributed by atoms with Gasteiger partial charge in [-0.3, -0.25) is 0 Å². The maximum Gasteiger partial charge on any atom is 0.0186 e. The largest absolute Gasteiger partial charge is 0.0620 e. The quantitative estimate of drug-likeness (QED) is 0.628. The van der Waals surface area contributed by atoms with Crippen molar-refractivity contribution < 1.29 is 0 Å². The van der Waals surface area contributed by atoms with Crippen LogP contribution in [0.3, 0.4) is 0 Å². The van der Waals surface area contributed by atoms with Gasteiger partial charge in [0.15, 0.2) is 0 Å². The molecule has 0 radical (unpaired) electrons. The first-order valence-corrected chi connectivity index (χ1v) is 6.47. The van der Waals surface area contributed by atoms with Crippen LogP contribution in [0.5, 0.6) is 0 Å². The second-order valence-corrected chi connectivity index (χ2v) is 5.68. The zero-order valence-corrected chi connectivity index (χ0v) is 10.1. The summed E-state index contributed by atoms with van der Waals surface area (Å²) in [5.41, 5.74) is 6.53. The maximum absolute atomic E-state index is 2.42. The fraction of sp³-hybridized carbons (Fsp3) is 0.294. The van der Waals surface area contributed by atoms with Gasteiger partial charge in [-0.15, -0.1) is 0 Å². The molecule has 0 fully saturated rings. The highest BCUT2D eigenvalue weighted by molar-refractivity contribution is 5.55. The minimum atomic E-state index is 0.260. The Morgan fingerprint density at radius 1 is 0.941 bits per heavy atom. The third-order valence-electron chi connectivity index (χ3n) is 4.73. The fourth-order valence-corrected chi connectivity index (χ4v) is 4.01. The van der Waals surface area contributed by atoms with E-state index in [0.29, 0.717) is 0 Å². The Morgan fingerprint density at radius 2 is 1.65 bits per heavy atom. The summed E-state index contributed by atoms with van der Waals surface area (Å²) in [6, 6.07) is 18.0. The Balaban J connectivity index is 2.05. The highest BCUT2D eigenvalue weighted by Gasteiger charge is 2.45. The third-order valence-corrected chi connectivity index (χ3v) is 4.73.